The topological polar surface area (TPSA) is 175 Å². The summed E-state index contributed by atoms with van der Waals surface area (Å²) in [6.07, 6.45) is 62.8. The maximum atomic E-state index is 13.0. The molecule has 0 spiro atoms. The number of aliphatic hydroxyl groups excluding tert-OH is 5. The maximum Gasteiger partial charge on any atom is 0.305 e. The maximum absolute atomic E-state index is 13.0. The Morgan fingerprint density at radius 1 is 0.456 bits per heavy atom. The average Bonchev–Trinajstić information content (AvgIpc) is 3.47. The predicted molar refractivity (Wildman–Crippen MR) is 329 cm³/mol. The molecule has 7 atom stereocenters. The highest BCUT2D eigenvalue weighted by molar-refractivity contribution is 5.76. The van der Waals surface area contributed by atoms with Crippen LogP contribution in [0, 0.1) is 0 Å². The molecule has 0 bridgehead atoms. The Labute approximate surface area is 485 Å². The van der Waals surface area contributed by atoms with Crippen LogP contribution in [0.15, 0.2) is 36.5 Å². The fourth-order valence-corrected chi connectivity index (χ4v) is 10.6. The first-order chi connectivity index (χ1) is 38.7. The fraction of sp³-hybridized carbons (Fsp3) is 0.882. The lowest BCUT2D eigenvalue weighted by molar-refractivity contribution is -0.302. The summed E-state index contributed by atoms with van der Waals surface area (Å²) in [4.78, 5) is 25.1. The van der Waals surface area contributed by atoms with Gasteiger partial charge in [-0.2, -0.15) is 0 Å². The third-order valence-electron chi connectivity index (χ3n) is 16.0. The number of ether oxygens (including phenoxy) is 3. The van der Waals surface area contributed by atoms with Crippen molar-refractivity contribution in [2.24, 2.45) is 0 Å². The second kappa shape index (κ2) is 57.7. The van der Waals surface area contributed by atoms with E-state index in [2.05, 4.69) is 43.5 Å². The predicted octanol–water partition coefficient (Wildman–Crippen LogP) is 16.6. The first-order valence-corrected chi connectivity index (χ1v) is 33.8. The molecule has 7 unspecified atom stereocenters. The van der Waals surface area contributed by atoms with Crippen molar-refractivity contribution in [1.29, 1.82) is 0 Å². The number of nitrogens with one attached hydrogen (secondary N) is 1. The van der Waals surface area contributed by atoms with E-state index in [1.807, 2.05) is 6.08 Å². The van der Waals surface area contributed by atoms with Crippen molar-refractivity contribution in [1.82, 2.24) is 5.32 Å². The summed E-state index contributed by atoms with van der Waals surface area (Å²) in [6, 6.07) is -0.809. The molecule has 0 aromatic rings. The molecule has 0 aromatic carbocycles. The Morgan fingerprint density at radius 3 is 1.22 bits per heavy atom. The van der Waals surface area contributed by atoms with Crippen LogP contribution in [-0.4, -0.2) is 100 Å². The van der Waals surface area contributed by atoms with Crippen LogP contribution in [0.2, 0.25) is 0 Å². The van der Waals surface area contributed by atoms with Gasteiger partial charge in [-0.15, -0.1) is 0 Å². The molecule has 1 fully saturated rings. The van der Waals surface area contributed by atoms with Crippen LogP contribution in [0.1, 0.15) is 322 Å². The molecule has 1 aliphatic heterocycles. The quantitative estimate of drug-likeness (QED) is 0.0195. The third-order valence-corrected chi connectivity index (χ3v) is 16.0. The highest BCUT2D eigenvalue weighted by atomic mass is 16.7. The molecule has 11 heteroatoms. The number of rotatable bonds is 59. The van der Waals surface area contributed by atoms with E-state index in [0.29, 0.717) is 19.4 Å². The summed E-state index contributed by atoms with van der Waals surface area (Å²) in [6.45, 7) is 4.32. The third kappa shape index (κ3) is 47.0. The van der Waals surface area contributed by atoms with Crippen LogP contribution in [0.4, 0.5) is 0 Å². The fourth-order valence-electron chi connectivity index (χ4n) is 10.6. The van der Waals surface area contributed by atoms with Crippen LogP contribution in [0.25, 0.3) is 0 Å². The smallest absolute Gasteiger partial charge is 0.305 e. The number of carbonyl (C=O) groups excluding carboxylic acids is 2. The van der Waals surface area contributed by atoms with Gasteiger partial charge in [0.1, 0.15) is 24.4 Å². The van der Waals surface area contributed by atoms with Crippen molar-refractivity contribution in [3.05, 3.63) is 36.5 Å². The van der Waals surface area contributed by atoms with Gasteiger partial charge in [0, 0.05) is 12.8 Å². The average molecular weight is 1120 g/mol. The molecular formula is C68H127NO10. The first kappa shape index (κ1) is 74.9. The monoisotopic (exact) mass is 1120 g/mol. The molecule has 464 valence electrons. The molecule has 1 aliphatic rings. The Bertz CT molecular complexity index is 1410. The molecule has 11 nitrogen and oxygen atoms in total. The number of allylic oxidation sites excluding steroid dienone is 5. The zero-order valence-corrected chi connectivity index (χ0v) is 51.3. The Morgan fingerprint density at radius 2 is 0.810 bits per heavy atom. The zero-order valence-electron chi connectivity index (χ0n) is 51.3. The summed E-state index contributed by atoms with van der Waals surface area (Å²) < 4.78 is 16.7. The first-order valence-electron chi connectivity index (χ1n) is 33.8. The lowest BCUT2D eigenvalue weighted by Crippen LogP contribution is -2.60. The Hall–Kier alpha value is -2.12. The van der Waals surface area contributed by atoms with Gasteiger partial charge in [-0.1, -0.05) is 262 Å². The van der Waals surface area contributed by atoms with Gasteiger partial charge in [0.25, 0.3) is 0 Å². The summed E-state index contributed by atoms with van der Waals surface area (Å²) >= 11 is 0. The second-order valence-corrected chi connectivity index (χ2v) is 23.5. The number of unbranched alkanes of at least 4 members (excludes halogenated alkanes) is 41. The van der Waals surface area contributed by atoms with Crippen LogP contribution < -0.4 is 5.32 Å². The Balaban J connectivity index is 1.94. The van der Waals surface area contributed by atoms with Gasteiger partial charge in [-0.05, 0) is 83.5 Å². The lowest BCUT2D eigenvalue weighted by atomic mass is 9.99. The van der Waals surface area contributed by atoms with Crippen LogP contribution >= 0.6 is 0 Å². The summed E-state index contributed by atoms with van der Waals surface area (Å²) in [5.41, 5.74) is 0. The summed E-state index contributed by atoms with van der Waals surface area (Å²) in [5.74, 6) is -0.186. The molecule has 0 radical (unpaired) electrons. The molecule has 79 heavy (non-hydrogen) atoms. The minimum Gasteiger partial charge on any atom is -0.466 e. The van der Waals surface area contributed by atoms with Gasteiger partial charge < -0.3 is 45.1 Å². The number of esters is 1. The van der Waals surface area contributed by atoms with Crippen LogP contribution in [0.3, 0.4) is 0 Å². The van der Waals surface area contributed by atoms with Gasteiger partial charge in [0.2, 0.25) is 5.91 Å². The summed E-state index contributed by atoms with van der Waals surface area (Å²) in [7, 11) is 0. The molecule has 0 aromatic heterocycles. The zero-order chi connectivity index (χ0) is 57.3. The highest BCUT2D eigenvalue weighted by Crippen LogP contribution is 2.23. The molecule has 6 N–H and O–H groups in total. The van der Waals surface area contributed by atoms with E-state index < -0.39 is 49.5 Å². The van der Waals surface area contributed by atoms with Gasteiger partial charge in [0.15, 0.2) is 6.29 Å². The van der Waals surface area contributed by atoms with Crippen molar-refractivity contribution in [2.75, 3.05) is 19.8 Å². The van der Waals surface area contributed by atoms with E-state index in [0.717, 1.165) is 57.8 Å². The van der Waals surface area contributed by atoms with Gasteiger partial charge in [0.05, 0.1) is 32.0 Å². The largest absolute Gasteiger partial charge is 0.466 e. The number of carbonyl (C=O) groups is 2. The van der Waals surface area contributed by atoms with Crippen LogP contribution in [0.5, 0.6) is 0 Å². The van der Waals surface area contributed by atoms with E-state index in [-0.39, 0.29) is 18.5 Å². The molecule has 1 saturated heterocycles. The lowest BCUT2D eigenvalue weighted by Gasteiger charge is -2.40. The van der Waals surface area contributed by atoms with Gasteiger partial charge in [-0.3, -0.25) is 9.59 Å². The van der Waals surface area contributed by atoms with E-state index in [9.17, 15) is 35.1 Å². The van der Waals surface area contributed by atoms with Crippen molar-refractivity contribution in [3.63, 3.8) is 0 Å². The molecular weight excluding hydrogens is 991 g/mol. The van der Waals surface area contributed by atoms with Gasteiger partial charge >= 0.3 is 5.97 Å². The highest BCUT2D eigenvalue weighted by Gasteiger charge is 2.44. The van der Waals surface area contributed by atoms with Crippen molar-refractivity contribution < 1.29 is 49.3 Å². The van der Waals surface area contributed by atoms with Crippen molar-refractivity contribution in [3.8, 4) is 0 Å². The number of amides is 1. The van der Waals surface area contributed by atoms with Gasteiger partial charge in [-0.25, -0.2) is 0 Å². The molecule has 0 saturated carbocycles. The molecule has 1 heterocycles. The summed E-state index contributed by atoms with van der Waals surface area (Å²) in [5, 5.41) is 54.3. The van der Waals surface area contributed by atoms with Crippen molar-refractivity contribution in [2.45, 2.75) is 365 Å². The van der Waals surface area contributed by atoms with Crippen molar-refractivity contribution >= 4 is 11.9 Å². The molecule has 1 amide bonds. The van der Waals surface area contributed by atoms with E-state index >= 15 is 0 Å². The number of hydrogen-bond acceptors (Lipinski definition) is 10. The van der Waals surface area contributed by atoms with E-state index in [4.69, 9.17) is 14.2 Å². The Kier molecular flexibility index (Phi) is 54.7. The molecule has 0 aliphatic carbocycles. The normalized spacial score (nSPS) is 18.6. The molecule has 1 rings (SSSR count). The minimum atomic E-state index is -1.57. The van der Waals surface area contributed by atoms with E-state index in [1.54, 1.807) is 6.08 Å². The second-order valence-electron chi connectivity index (χ2n) is 23.5. The number of hydrogen-bond donors (Lipinski definition) is 6. The van der Waals surface area contributed by atoms with E-state index in [1.165, 1.54) is 238 Å². The number of aliphatic hydroxyl groups is 5. The SMILES string of the molecule is CCCCCCCC/C=C\CCCCCCCC(=O)OCCCCCCCCCCCCCC/C=C\CCCCCCCCCCCCCC(=O)NC(COC1OC(CO)C(O)C(O)C1O)C(O)/C=C/CCCCCCCCC. The minimum absolute atomic E-state index is 0.00233. The standard InChI is InChI=1S/C68H127NO10/c1-3-5-7-9-11-13-14-15-29-33-36-40-44-48-52-56-64(73)77-57-53-49-45-41-37-34-31-28-26-24-22-20-18-16-17-19-21-23-25-27-30-32-35-39-43-47-51-55-63(72)69-60(61(71)54-50-46-42-38-12-10-8-6-4-2)59-78-68-67(76)66(75)65(74)62(58-70)79-68/h15-17,29,50,54,60-62,65-68,70-71,74-76H,3-14,18-28,30-49,51-53,55-59H2,1-2H3,(H,69,72)/b17-16-,29-15-,54-50+. The van der Waals surface area contributed by atoms with Crippen LogP contribution in [-0.2, 0) is 23.8 Å².